The highest BCUT2D eigenvalue weighted by molar-refractivity contribution is 7.09. The second-order valence-corrected chi connectivity index (χ2v) is 8.00. The molecule has 3 unspecified atom stereocenters. The van der Waals surface area contributed by atoms with Crippen molar-refractivity contribution in [2.24, 2.45) is 5.41 Å². The Labute approximate surface area is 136 Å². The lowest BCUT2D eigenvalue weighted by molar-refractivity contribution is -0.123. The van der Waals surface area contributed by atoms with Crippen molar-refractivity contribution < 1.29 is 14.6 Å². The third-order valence-electron chi connectivity index (χ3n) is 3.59. The van der Waals surface area contributed by atoms with Crippen LogP contribution in [0.1, 0.15) is 32.1 Å². The molecular formula is C16H26N2O3S. The van der Waals surface area contributed by atoms with E-state index in [-0.39, 0.29) is 23.5 Å². The van der Waals surface area contributed by atoms with Gasteiger partial charge in [-0.2, -0.15) is 0 Å². The van der Waals surface area contributed by atoms with Gasteiger partial charge in [-0.1, -0.05) is 26.8 Å². The van der Waals surface area contributed by atoms with Crippen LogP contribution < -0.4 is 10.6 Å². The fraction of sp³-hybridized carbons (Fsp3) is 0.688. The largest absolute Gasteiger partial charge is 0.389 e. The monoisotopic (exact) mass is 326 g/mol. The van der Waals surface area contributed by atoms with Crippen molar-refractivity contribution >= 4 is 17.2 Å². The fourth-order valence-corrected chi connectivity index (χ4v) is 3.10. The van der Waals surface area contributed by atoms with Gasteiger partial charge in [0.2, 0.25) is 5.91 Å². The second-order valence-electron chi connectivity index (χ2n) is 6.97. The van der Waals surface area contributed by atoms with Gasteiger partial charge in [0.25, 0.3) is 0 Å². The maximum atomic E-state index is 11.8. The van der Waals surface area contributed by atoms with Crippen LogP contribution in [0.5, 0.6) is 0 Å². The van der Waals surface area contributed by atoms with Gasteiger partial charge in [0, 0.05) is 24.4 Å². The summed E-state index contributed by atoms with van der Waals surface area (Å²) >= 11 is 1.69. The molecule has 0 aromatic carbocycles. The number of ether oxygens (including phenoxy) is 1. The minimum Gasteiger partial charge on any atom is -0.389 e. The van der Waals surface area contributed by atoms with Crippen molar-refractivity contribution in [3.8, 4) is 0 Å². The van der Waals surface area contributed by atoms with Crippen molar-refractivity contribution in [3.05, 3.63) is 22.4 Å². The lowest BCUT2D eigenvalue weighted by Crippen LogP contribution is -2.44. The molecule has 6 heteroatoms. The molecule has 2 rings (SSSR count). The Morgan fingerprint density at radius 3 is 2.91 bits per heavy atom. The summed E-state index contributed by atoms with van der Waals surface area (Å²) in [5.41, 5.74) is -0.0377. The molecule has 124 valence electrons. The number of hydrogen-bond donors (Lipinski definition) is 3. The highest BCUT2D eigenvalue weighted by atomic mass is 32.1. The van der Waals surface area contributed by atoms with Crippen molar-refractivity contribution in [1.29, 1.82) is 0 Å². The predicted molar refractivity (Wildman–Crippen MR) is 87.8 cm³/mol. The van der Waals surface area contributed by atoms with E-state index in [2.05, 4.69) is 16.7 Å². The highest BCUT2D eigenvalue weighted by Gasteiger charge is 2.35. The summed E-state index contributed by atoms with van der Waals surface area (Å²) in [6.07, 6.45) is -0.477. The molecule has 0 radical (unpaired) electrons. The van der Waals surface area contributed by atoms with E-state index in [1.807, 2.05) is 32.2 Å². The Bertz CT molecular complexity index is 470. The number of aliphatic hydroxyl groups is 1. The summed E-state index contributed by atoms with van der Waals surface area (Å²) in [5, 5.41) is 18.5. The summed E-state index contributed by atoms with van der Waals surface area (Å²) in [4.78, 5) is 13.1. The van der Waals surface area contributed by atoms with Crippen molar-refractivity contribution in [2.75, 3.05) is 13.2 Å². The molecule has 3 atom stereocenters. The molecular weight excluding hydrogens is 300 g/mol. The number of carbonyl (C=O) groups is 1. The van der Waals surface area contributed by atoms with Crippen LogP contribution in [0, 0.1) is 5.41 Å². The van der Waals surface area contributed by atoms with E-state index in [4.69, 9.17) is 4.74 Å². The van der Waals surface area contributed by atoms with Gasteiger partial charge >= 0.3 is 0 Å². The number of aliphatic hydroxyl groups excluding tert-OH is 1. The van der Waals surface area contributed by atoms with Gasteiger partial charge in [-0.15, -0.1) is 11.3 Å². The van der Waals surface area contributed by atoms with Gasteiger partial charge in [0.05, 0.1) is 18.8 Å². The first-order valence-corrected chi connectivity index (χ1v) is 8.55. The zero-order valence-corrected chi connectivity index (χ0v) is 14.3. The topological polar surface area (TPSA) is 70.6 Å². The third-order valence-corrected chi connectivity index (χ3v) is 4.47. The van der Waals surface area contributed by atoms with Crippen LogP contribution in [0.15, 0.2) is 17.5 Å². The van der Waals surface area contributed by atoms with Crippen LogP contribution in [-0.2, 0) is 16.1 Å². The van der Waals surface area contributed by atoms with Crippen LogP contribution in [0.25, 0.3) is 0 Å². The van der Waals surface area contributed by atoms with Crippen molar-refractivity contribution in [3.63, 3.8) is 0 Å². The standard InChI is InChI=1S/C16H26N2O3S/c1-16(2,3)7-14(19)18-9-13-15(20)12(10-21-13)17-8-11-5-4-6-22-11/h4-6,12-13,15,17,20H,7-10H2,1-3H3,(H,18,19). The Morgan fingerprint density at radius 2 is 2.27 bits per heavy atom. The molecule has 1 aliphatic heterocycles. The molecule has 0 saturated carbocycles. The van der Waals surface area contributed by atoms with Gasteiger partial charge < -0.3 is 20.5 Å². The number of nitrogens with one attached hydrogen (secondary N) is 2. The Morgan fingerprint density at radius 1 is 1.50 bits per heavy atom. The second kappa shape index (κ2) is 7.55. The minimum atomic E-state index is -0.602. The lowest BCUT2D eigenvalue weighted by Gasteiger charge is -2.21. The Kier molecular flexibility index (Phi) is 5.97. The summed E-state index contributed by atoms with van der Waals surface area (Å²) in [5.74, 6) is -0.00158. The van der Waals surface area contributed by atoms with Gasteiger partial charge in [-0.25, -0.2) is 0 Å². The molecule has 1 fully saturated rings. The molecule has 1 aromatic rings. The smallest absolute Gasteiger partial charge is 0.220 e. The maximum Gasteiger partial charge on any atom is 0.220 e. The van der Waals surface area contributed by atoms with E-state index < -0.39 is 6.10 Å². The highest BCUT2D eigenvalue weighted by Crippen LogP contribution is 2.19. The number of hydrogen-bond acceptors (Lipinski definition) is 5. The van der Waals surface area contributed by atoms with E-state index in [9.17, 15) is 9.90 Å². The van der Waals surface area contributed by atoms with Gasteiger partial charge in [-0.05, 0) is 16.9 Å². The molecule has 0 spiro atoms. The average Bonchev–Trinajstić information content (AvgIpc) is 3.02. The first-order valence-electron chi connectivity index (χ1n) is 7.67. The first-order chi connectivity index (χ1) is 10.3. The maximum absolute atomic E-state index is 11.8. The molecule has 5 nitrogen and oxygen atoms in total. The van der Waals surface area contributed by atoms with E-state index in [1.54, 1.807) is 11.3 Å². The molecule has 1 amide bonds. The number of carbonyl (C=O) groups excluding carboxylic acids is 1. The molecule has 0 bridgehead atoms. The van der Waals surface area contributed by atoms with Crippen molar-refractivity contribution in [1.82, 2.24) is 10.6 Å². The molecule has 1 aromatic heterocycles. The van der Waals surface area contributed by atoms with Crippen LogP contribution in [0.4, 0.5) is 0 Å². The summed E-state index contributed by atoms with van der Waals surface area (Å²) in [6, 6.07) is 3.98. The summed E-state index contributed by atoms with van der Waals surface area (Å²) in [6.45, 7) is 7.62. The molecule has 1 saturated heterocycles. The van der Waals surface area contributed by atoms with Gasteiger partial charge in [0.1, 0.15) is 6.10 Å². The quantitative estimate of drug-likeness (QED) is 0.741. The van der Waals surface area contributed by atoms with E-state index in [1.165, 1.54) is 4.88 Å². The van der Waals surface area contributed by atoms with E-state index in [0.29, 0.717) is 19.6 Å². The van der Waals surface area contributed by atoms with Crippen LogP contribution in [-0.4, -0.2) is 42.4 Å². The predicted octanol–water partition coefficient (Wildman–Crippen LogP) is 1.52. The SMILES string of the molecule is CC(C)(C)CC(=O)NCC1OCC(NCc2cccs2)C1O. The normalized spacial score (nSPS) is 25.4. The number of amides is 1. The minimum absolute atomic E-state index is 0.00158. The van der Waals surface area contributed by atoms with Crippen LogP contribution in [0.2, 0.25) is 0 Å². The van der Waals surface area contributed by atoms with Gasteiger partial charge in [0.15, 0.2) is 0 Å². The Hall–Kier alpha value is -0.950. The number of thiophene rings is 1. The number of rotatable bonds is 6. The molecule has 0 aliphatic carbocycles. The summed E-state index contributed by atoms with van der Waals surface area (Å²) < 4.78 is 5.60. The van der Waals surface area contributed by atoms with Gasteiger partial charge in [-0.3, -0.25) is 4.79 Å². The third kappa shape index (κ3) is 5.35. The van der Waals surface area contributed by atoms with E-state index in [0.717, 1.165) is 6.54 Å². The van der Waals surface area contributed by atoms with Crippen molar-refractivity contribution in [2.45, 2.75) is 52.0 Å². The molecule has 3 N–H and O–H groups in total. The fourth-order valence-electron chi connectivity index (χ4n) is 2.45. The van der Waals surface area contributed by atoms with Crippen LogP contribution in [0.3, 0.4) is 0 Å². The Balaban J connectivity index is 1.71. The molecule has 1 aliphatic rings. The first kappa shape index (κ1) is 17.4. The molecule has 2 heterocycles. The zero-order valence-electron chi connectivity index (χ0n) is 13.5. The van der Waals surface area contributed by atoms with E-state index >= 15 is 0 Å². The average molecular weight is 326 g/mol. The zero-order chi connectivity index (χ0) is 16.2. The van der Waals surface area contributed by atoms with Crippen LogP contribution >= 0.6 is 11.3 Å². The summed E-state index contributed by atoms with van der Waals surface area (Å²) in [7, 11) is 0. The lowest BCUT2D eigenvalue weighted by atomic mass is 9.92. The molecule has 22 heavy (non-hydrogen) atoms.